The number of hydrogen-bond donors (Lipinski definition) is 2. The molecule has 1 aliphatic carbocycles. The summed E-state index contributed by atoms with van der Waals surface area (Å²) in [5.41, 5.74) is 4.73. The molecule has 174 valence electrons. The van der Waals surface area contributed by atoms with E-state index >= 15 is 0 Å². The summed E-state index contributed by atoms with van der Waals surface area (Å²) in [7, 11) is 0. The van der Waals surface area contributed by atoms with Gasteiger partial charge in [0.2, 0.25) is 0 Å². The first-order valence-electron chi connectivity index (χ1n) is 10.6. The number of non-ortho nitro benzene ring substituents is 1. The number of carbonyl (C=O) groups excluding carboxylic acids is 2. The lowest BCUT2D eigenvalue weighted by atomic mass is 9.98. The van der Waals surface area contributed by atoms with Crippen LogP contribution in [-0.2, 0) is 20.9 Å². The number of nitrogens with zero attached hydrogens (tertiary/aromatic N) is 1. The highest BCUT2D eigenvalue weighted by molar-refractivity contribution is 5.82. The fraction of sp³-hybridized carbons (Fsp3) is 0.200. The molecule has 9 nitrogen and oxygen atoms in total. The number of nitro benzene ring substituents is 1. The van der Waals surface area contributed by atoms with Gasteiger partial charge in [0.1, 0.15) is 13.2 Å². The molecule has 3 aromatic rings. The number of nitro groups is 1. The van der Waals surface area contributed by atoms with Crippen LogP contribution in [0, 0.1) is 10.1 Å². The van der Waals surface area contributed by atoms with Gasteiger partial charge in [0, 0.05) is 18.1 Å². The molecule has 0 fully saturated rings. The van der Waals surface area contributed by atoms with Gasteiger partial charge in [-0.15, -0.1) is 0 Å². The second kappa shape index (κ2) is 10.1. The fourth-order valence-corrected chi connectivity index (χ4v) is 3.93. The molecule has 2 N–H and O–H groups in total. The summed E-state index contributed by atoms with van der Waals surface area (Å²) in [5.74, 6) is -0.992. The molecule has 0 saturated carbocycles. The maximum atomic E-state index is 12.4. The summed E-state index contributed by atoms with van der Waals surface area (Å²) in [6, 6.07) is 20.0. The van der Waals surface area contributed by atoms with Gasteiger partial charge in [-0.05, 0) is 39.9 Å². The first kappa shape index (κ1) is 22.9. The van der Waals surface area contributed by atoms with E-state index < -0.39 is 29.6 Å². The van der Waals surface area contributed by atoms with E-state index in [-0.39, 0.29) is 24.8 Å². The number of alkyl carbamates (subject to hydrolysis) is 1. The number of amides is 1. The van der Waals surface area contributed by atoms with Crippen LogP contribution >= 0.6 is 0 Å². The molecule has 1 atom stereocenters. The zero-order valence-corrected chi connectivity index (χ0v) is 18.0. The Bertz CT molecular complexity index is 1160. The molecule has 34 heavy (non-hydrogen) atoms. The minimum atomic E-state index is -1.31. The molecule has 9 heteroatoms. The number of benzene rings is 3. The van der Waals surface area contributed by atoms with Crippen molar-refractivity contribution in [3.63, 3.8) is 0 Å². The third kappa shape index (κ3) is 4.89. The minimum Gasteiger partial charge on any atom is -0.459 e. The van der Waals surface area contributed by atoms with Crippen molar-refractivity contribution in [2.24, 2.45) is 0 Å². The van der Waals surface area contributed by atoms with Gasteiger partial charge < -0.3 is 19.9 Å². The van der Waals surface area contributed by atoms with Crippen molar-refractivity contribution in [2.45, 2.75) is 18.6 Å². The maximum Gasteiger partial charge on any atom is 0.407 e. The number of nitrogens with one attached hydrogen (secondary N) is 1. The van der Waals surface area contributed by atoms with E-state index in [1.165, 1.54) is 24.3 Å². The summed E-state index contributed by atoms with van der Waals surface area (Å²) in [6.45, 7) is -0.779. The van der Waals surface area contributed by atoms with Gasteiger partial charge in [-0.3, -0.25) is 10.1 Å². The van der Waals surface area contributed by atoms with E-state index in [1.54, 1.807) is 0 Å². The Kier molecular flexibility index (Phi) is 6.84. The van der Waals surface area contributed by atoms with Gasteiger partial charge >= 0.3 is 12.1 Å². The van der Waals surface area contributed by atoms with Crippen molar-refractivity contribution in [1.29, 1.82) is 0 Å². The lowest BCUT2D eigenvalue weighted by molar-refractivity contribution is -0.384. The number of rotatable bonds is 8. The van der Waals surface area contributed by atoms with Crippen molar-refractivity contribution >= 4 is 17.7 Å². The van der Waals surface area contributed by atoms with Crippen LogP contribution in [-0.4, -0.2) is 41.3 Å². The molecule has 0 bridgehead atoms. The first-order valence-corrected chi connectivity index (χ1v) is 10.6. The quantitative estimate of drug-likeness (QED) is 0.298. The van der Waals surface area contributed by atoms with Crippen LogP contribution in [0.3, 0.4) is 0 Å². The summed E-state index contributed by atoms with van der Waals surface area (Å²) < 4.78 is 10.5. The number of hydrogen-bond acceptors (Lipinski definition) is 7. The monoisotopic (exact) mass is 462 g/mol. The third-order valence-electron chi connectivity index (χ3n) is 5.63. The van der Waals surface area contributed by atoms with Gasteiger partial charge in [-0.2, -0.15) is 0 Å². The molecule has 1 aliphatic rings. The SMILES string of the molecule is O=C(NC(CO)C(=O)OCc1ccc([N+](=O)[O-])cc1)OCC1c2ccccc2-c2ccccc21. The van der Waals surface area contributed by atoms with E-state index in [0.717, 1.165) is 22.3 Å². The van der Waals surface area contributed by atoms with Gasteiger partial charge in [0.05, 0.1) is 11.5 Å². The average Bonchev–Trinajstić information content (AvgIpc) is 3.18. The Morgan fingerprint density at radius 1 is 0.941 bits per heavy atom. The minimum absolute atomic E-state index is 0.0653. The average molecular weight is 462 g/mol. The number of aliphatic hydroxyl groups excluding tert-OH is 1. The molecule has 0 aromatic heterocycles. The van der Waals surface area contributed by atoms with Crippen LogP contribution in [0.15, 0.2) is 72.8 Å². The highest BCUT2D eigenvalue weighted by Crippen LogP contribution is 2.44. The van der Waals surface area contributed by atoms with E-state index in [1.807, 2.05) is 48.5 Å². The Hall–Kier alpha value is -4.24. The molecule has 4 rings (SSSR count). The van der Waals surface area contributed by atoms with Crippen LogP contribution in [0.2, 0.25) is 0 Å². The predicted octanol–water partition coefficient (Wildman–Crippen LogP) is 3.54. The molecule has 3 aromatic carbocycles. The van der Waals surface area contributed by atoms with Crippen molar-refractivity contribution < 1.29 is 29.1 Å². The summed E-state index contributed by atoms with van der Waals surface area (Å²) in [5, 5.41) is 22.6. The number of fused-ring (bicyclic) bond motifs is 3. The molecule has 0 aliphatic heterocycles. The molecule has 0 heterocycles. The van der Waals surface area contributed by atoms with Gasteiger partial charge in [0.15, 0.2) is 6.04 Å². The number of ether oxygens (including phenoxy) is 2. The van der Waals surface area contributed by atoms with Crippen LogP contribution in [0.25, 0.3) is 11.1 Å². The van der Waals surface area contributed by atoms with E-state index in [0.29, 0.717) is 5.56 Å². The maximum absolute atomic E-state index is 12.4. The molecule has 1 unspecified atom stereocenters. The van der Waals surface area contributed by atoms with E-state index in [2.05, 4.69) is 5.32 Å². The topological polar surface area (TPSA) is 128 Å². The highest BCUT2D eigenvalue weighted by Gasteiger charge is 2.30. The third-order valence-corrected chi connectivity index (χ3v) is 5.63. The second-order valence-electron chi connectivity index (χ2n) is 7.74. The summed E-state index contributed by atoms with van der Waals surface area (Å²) in [4.78, 5) is 34.8. The number of aliphatic hydroxyl groups is 1. The molecule has 1 amide bonds. The molecule has 0 saturated heterocycles. The standard InChI is InChI=1S/C25H22N2O7/c28-13-23(24(29)33-14-16-9-11-17(12-10-16)27(31)32)26-25(30)34-15-22-20-7-3-1-5-18(20)19-6-2-4-8-21(19)22/h1-12,22-23,28H,13-15H2,(H,26,30). The normalized spacial score (nSPS) is 12.9. The number of esters is 1. The molecular formula is C25H22N2O7. The zero-order chi connectivity index (χ0) is 24.1. The van der Waals surface area contributed by atoms with Gasteiger partial charge in [0.25, 0.3) is 5.69 Å². The Morgan fingerprint density at radius 2 is 1.53 bits per heavy atom. The fourth-order valence-electron chi connectivity index (χ4n) is 3.93. The van der Waals surface area contributed by atoms with Crippen LogP contribution in [0.4, 0.5) is 10.5 Å². The van der Waals surface area contributed by atoms with E-state index in [4.69, 9.17) is 9.47 Å². The largest absolute Gasteiger partial charge is 0.459 e. The first-order chi connectivity index (χ1) is 16.5. The van der Waals surface area contributed by atoms with Crippen molar-refractivity contribution in [1.82, 2.24) is 5.32 Å². The number of carbonyl (C=O) groups is 2. The lowest BCUT2D eigenvalue weighted by Gasteiger charge is -2.18. The van der Waals surface area contributed by atoms with Crippen LogP contribution < -0.4 is 5.32 Å². The van der Waals surface area contributed by atoms with Crippen LogP contribution in [0.5, 0.6) is 0 Å². The summed E-state index contributed by atoms with van der Waals surface area (Å²) in [6.07, 6.45) is -0.854. The Labute approximate surface area is 195 Å². The van der Waals surface area contributed by atoms with Gasteiger partial charge in [-0.1, -0.05) is 48.5 Å². The smallest absolute Gasteiger partial charge is 0.407 e. The van der Waals surface area contributed by atoms with Gasteiger partial charge in [-0.25, -0.2) is 9.59 Å². The molecule has 0 radical (unpaired) electrons. The summed E-state index contributed by atoms with van der Waals surface area (Å²) >= 11 is 0. The van der Waals surface area contributed by atoms with E-state index in [9.17, 15) is 24.8 Å². The van der Waals surface area contributed by atoms with Crippen LogP contribution in [0.1, 0.15) is 22.6 Å². The molecule has 0 spiro atoms. The highest BCUT2D eigenvalue weighted by atomic mass is 16.6. The van der Waals surface area contributed by atoms with Crippen molar-refractivity contribution in [3.05, 3.63) is 99.6 Å². The Balaban J connectivity index is 1.32. The molecular weight excluding hydrogens is 440 g/mol. The second-order valence-corrected chi connectivity index (χ2v) is 7.74. The Morgan fingerprint density at radius 3 is 2.09 bits per heavy atom. The lowest BCUT2D eigenvalue weighted by Crippen LogP contribution is -2.44. The van der Waals surface area contributed by atoms with Crippen molar-refractivity contribution in [2.75, 3.05) is 13.2 Å². The zero-order valence-electron chi connectivity index (χ0n) is 18.0. The predicted molar refractivity (Wildman–Crippen MR) is 122 cm³/mol. The van der Waals surface area contributed by atoms with Crippen molar-refractivity contribution in [3.8, 4) is 11.1 Å².